The van der Waals surface area contributed by atoms with E-state index >= 15 is 0 Å². The van der Waals surface area contributed by atoms with Gasteiger partial charge in [-0.15, -0.1) is 24.0 Å². The Balaban J connectivity index is 0.00000544. The van der Waals surface area contributed by atoms with Gasteiger partial charge >= 0.3 is 6.09 Å². The van der Waals surface area contributed by atoms with Crippen LogP contribution in [0.15, 0.2) is 53.7 Å². The number of carbonyl (C=O) groups excluding carboxylic acids is 1. The van der Waals surface area contributed by atoms with Gasteiger partial charge in [0, 0.05) is 31.9 Å². The average molecular weight is 569 g/mol. The molecule has 1 amide bonds. The highest BCUT2D eigenvalue weighted by Crippen LogP contribution is 2.12. The van der Waals surface area contributed by atoms with Gasteiger partial charge in [-0.25, -0.2) is 14.8 Å². The molecular formula is C24H36IN5O3. The number of nitrogens with one attached hydrogen (secondary N) is 3. The number of halogens is 1. The molecule has 0 saturated carbocycles. The smallest absolute Gasteiger partial charge is 0.407 e. The van der Waals surface area contributed by atoms with Crippen molar-refractivity contribution in [1.82, 2.24) is 20.9 Å². The van der Waals surface area contributed by atoms with Crippen molar-refractivity contribution in [3.63, 3.8) is 0 Å². The molecule has 0 spiro atoms. The molecule has 1 heterocycles. The number of nitrogens with zero attached hydrogens (tertiary/aromatic N) is 2. The van der Waals surface area contributed by atoms with Crippen LogP contribution < -0.4 is 20.7 Å². The lowest BCUT2D eigenvalue weighted by atomic mass is 10.2. The van der Waals surface area contributed by atoms with E-state index in [2.05, 4.69) is 25.9 Å². The highest BCUT2D eigenvalue weighted by atomic mass is 127. The van der Waals surface area contributed by atoms with Crippen LogP contribution in [0.4, 0.5) is 4.79 Å². The Bertz CT molecular complexity index is 857. The van der Waals surface area contributed by atoms with E-state index in [4.69, 9.17) is 9.47 Å². The van der Waals surface area contributed by atoms with Gasteiger partial charge in [-0.2, -0.15) is 0 Å². The molecule has 0 aliphatic carbocycles. The molecule has 2 rings (SSSR count). The van der Waals surface area contributed by atoms with Crippen LogP contribution in [0.1, 0.15) is 45.2 Å². The van der Waals surface area contributed by atoms with Crippen LogP contribution in [-0.2, 0) is 17.9 Å². The van der Waals surface area contributed by atoms with Gasteiger partial charge < -0.3 is 25.4 Å². The number of guanidine groups is 1. The molecule has 0 bridgehead atoms. The van der Waals surface area contributed by atoms with Crippen LogP contribution in [0.3, 0.4) is 0 Å². The number of ether oxygens (including phenoxy) is 2. The zero-order chi connectivity index (χ0) is 23.2. The number of aliphatic imine (C=N–C) groups is 1. The largest absolute Gasteiger partial charge is 0.473 e. The summed E-state index contributed by atoms with van der Waals surface area (Å²) in [5, 5.41) is 9.25. The summed E-state index contributed by atoms with van der Waals surface area (Å²) < 4.78 is 11.0. The SMILES string of the molecule is CCNC(=NCc1ccnc(OCc2ccccc2)c1)NCCCNC(=O)OC(C)(C)C.I. The van der Waals surface area contributed by atoms with Crippen molar-refractivity contribution in [2.45, 2.75) is 52.9 Å². The van der Waals surface area contributed by atoms with E-state index < -0.39 is 11.7 Å². The van der Waals surface area contributed by atoms with Crippen molar-refractivity contribution in [2.24, 2.45) is 4.99 Å². The van der Waals surface area contributed by atoms with Crippen molar-refractivity contribution in [3.8, 4) is 5.88 Å². The lowest BCUT2D eigenvalue weighted by Gasteiger charge is -2.19. The van der Waals surface area contributed by atoms with Crippen LogP contribution >= 0.6 is 24.0 Å². The topological polar surface area (TPSA) is 96.9 Å². The zero-order valence-corrected chi connectivity index (χ0v) is 22.2. The number of pyridine rings is 1. The molecule has 0 aliphatic heterocycles. The average Bonchev–Trinajstić information content (AvgIpc) is 2.75. The Kier molecular flexibility index (Phi) is 13.2. The Morgan fingerprint density at radius 3 is 2.45 bits per heavy atom. The monoisotopic (exact) mass is 569 g/mol. The number of aromatic nitrogens is 1. The van der Waals surface area contributed by atoms with Gasteiger partial charge in [-0.1, -0.05) is 30.3 Å². The first-order valence-electron chi connectivity index (χ1n) is 11.0. The van der Waals surface area contributed by atoms with Crippen molar-refractivity contribution >= 4 is 36.0 Å². The summed E-state index contributed by atoms with van der Waals surface area (Å²) in [7, 11) is 0. The first-order valence-corrected chi connectivity index (χ1v) is 11.0. The number of alkyl carbamates (subject to hydrolysis) is 1. The van der Waals surface area contributed by atoms with E-state index in [0.717, 1.165) is 24.1 Å². The molecule has 8 nitrogen and oxygen atoms in total. The van der Waals surface area contributed by atoms with Crippen LogP contribution in [0.2, 0.25) is 0 Å². The number of benzene rings is 1. The summed E-state index contributed by atoms with van der Waals surface area (Å²) in [5.74, 6) is 1.29. The van der Waals surface area contributed by atoms with E-state index in [1.54, 1.807) is 6.20 Å². The minimum atomic E-state index is -0.493. The van der Waals surface area contributed by atoms with Crippen molar-refractivity contribution in [3.05, 3.63) is 59.8 Å². The minimum absolute atomic E-state index is 0. The standard InChI is InChI=1S/C24H35N5O3.HI/c1-5-25-22(27-13-9-14-28-23(30)32-24(2,3)4)29-17-20-12-15-26-21(16-20)31-18-19-10-7-6-8-11-19;/h6-8,10-12,15-16H,5,9,13-14,17-18H2,1-4H3,(H,28,30)(H2,25,27,29);1H. The van der Waals surface area contributed by atoms with E-state index in [-0.39, 0.29) is 24.0 Å². The number of hydrogen-bond acceptors (Lipinski definition) is 5. The summed E-state index contributed by atoms with van der Waals surface area (Å²) in [6, 6.07) is 13.8. The summed E-state index contributed by atoms with van der Waals surface area (Å²) >= 11 is 0. The van der Waals surface area contributed by atoms with E-state index in [1.165, 1.54) is 0 Å². The van der Waals surface area contributed by atoms with Gasteiger partial charge in [0.2, 0.25) is 5.88 Å². The molecule has 3 N–H and O–H groups in total. The van der Waals surface area contributed by atoms with E-state index in [9.17, 15) is 4.79 Å². The number of amides is 1. The number of hydrogen-bond donors (Lipinski definition) is 3. The van der Waals surface area contributed by atoms with Gasteiger partial charge in [0.05, 0.1) is 6.54 Å². The second-order valence-corrected chi connectivity index (χ2v) is 8.18. The molecule has 0 radical (unpaired) electrons. The molecule has 1 aromatic heterocycles. The van der Waals surface area contributed by atoms with Gasteiger partial charge in [-0.3, -0.25) is 0 Å². The minimum Gasteiger partial charge on any atom is -0.473 e. The Labute approximate surface area is 214 Å². The van der Waals surface area contributed by atoms with Gasteiger partial charge in [0.1, 0.15) is 12.2 Å². The maximum Gasteiger partial charge on any atom is 0.407 e. The highest BCUT2D eigenvalue weighted by Gasteiger charge is 2.15. The van der Waals surface area contributed by atoms with Crippen molar-refractivity contribution in [1.29, 1.82) is 0 Å². The summed E-state index contributed by atoms with van der Waals surface area (Å²) in [5.41, 5.74) is 1.61. The van der Waals surface area contributed by atoms with Crippen molar-refractivity contribution < 1.29 is 14.3 Å². The van der Waals surface area contributed by atoms with Gasteiger partial charge in [-0.05, 0) is 51.3 Å². The molecule has 1 aromatic carbocycles. The van der Waals surface area contributed by atoms with Crippen LogP contribution in [-0.4, -0.2) is 42.3 Å². The molecule has 0 saturated heterocycles. The quantitative estimate of drug-likeness (QED) is 0.171. The third kappa shape index (κ3) is 12.9. The third-order valence-corrected chi connectivity index (χ3v) is 4.11. The maximum absolute atomic E-state index is 11.7. The maximum atomic E-state index is 11.7. The second-order valence-electron chi connectivity index (χ2n) is 8.18. The molecule has 0 aliphatic rings. The molecule has 33 heavy (non-hydrogen) atoms. The predicted octanol–water partition coefficient (Wildman–Crippen LogP) is 4.25. The summed E-state index contributed by atoms with van der Waals surface area (Å²) in [6.07, 6.45) is 2.07. The summed E-state index contributed by atoms with van der Waals surface area (Å²) in [6.45, 7) is 10.5. The molecular weight excluding hydrogens is 533 g/mol. The fourth-order valence-corrected chi connectivity index (χ4v) is 2.67. The Morgan fingerprint density at radius 1 is 1.03 bits per heavy atom. The highest BCUT2D eigenvalue weighted by molar-refractivity contribution is 14.0. The van der Waals surface area contributed by atoms with Gasteiger partial charge in [0.25, 0.3) is 0 Å². The first-order chi connectivity index (χ1) is 15.4. The van der Waals surface area contributed by atoms with Crippen LogP contribution in [0.5, 0.6) is 5.88 Å². The second kappa shape index (κ2) is 15.3. The molecule has 9 heteroatoms. The molecule has 0 atom stereocenters. The normalized spacial score (nSPS) is 11.2. The van der Waals surface area contributed by atoms with Crippen molar-refractivity contribution in [2.75, 3.05) is 19.6 Å². The lowest BCUT2D eigenvalue weighted by molar-refractivity contribution is 0.0527. The third-order valence-electron chi connectivity index (χ3n) is 4.11. The first kappa shape index (κ1) is 28.5. The van der Waals surface area contributed by atoms with E-state index in [1.807, 2.05) is 70.2 Å². The van der Waals surface area contributed by atoms with Crippen LogP contribution in [0, 0.1) is 0 Å². The number of rotatable bonds is 10. The summed E-state index contributed by atoms with van der Waals surface area (Å²) in [4.78, 5) is 20.6. The zero-order valence-electron chi connectivity index (χ0n) is 19.9. The molecule has 0 fully saturated rings. The lowest BCUT2D eigenvalue weighted by Crippen LogP contribution is -2.39. The fraction of sp³-hybridized carbons (Fsp3) is 0.458. The molecule has 0 unspecified atom stereocenters. The Hall–Kier alpha value is -2.56. The molecule has 182 valence electrons. The Morgan fingerprint density at radius 2 is 1.76 bits per heavy atom. The fourth-order valence-electron chi connectivity index (χ4n) is 2.67. The molecule has 2 aromatic rings. The predicted molar refractivity (Wildman–Crippen MR) is 142 cm³/mol. The van der Waals surface area contributed by atoms with Crippen LogP contribution in [0.25, 0.3) is 0 Å². The number of carbonyl (C=O) groups is 1. The van der Waals surface area contributed by atoms with E-state index in [0.29, 0.717) is 38.1 Å². The van der Waals surface area contributed by atoms with Gasteiger partial charge in [0.15, 0.2) is 5.96 Å².